The van der Waals surface area contributed by atoms with Crippen molar-refractivity contribution in [2.45, 2.75) is 77.4 Å². The quantitative estimate of drug-likeness (QED) is 0.152. The van der Waals surface area contributed by atoms with Crippen LogP contribution in [0.3, 0.4) is 0 Å². The first-order chi connectivity index (χ1) is 10.1. The Labute approximate surface area is 136 Å². The smallest absolute Gasteiger partial charge is 0.233 e. The van der Waals surface area contributed by atoms with Crippen molar-refractivity contribution < 1.29 is 19.6 Å². The topological polar surface area (TPSA) is 36.9 Å². The third-order valence-electron chi connectivity index (χ3n) is 3.86. The molecule has 0 aliphatic heterocycles. The molecule has 0 fully saturated rings. The van der Waals surface area contributed by atoms with Gasteiger partial charge in [-0.25, -0.2) is 9.78 Å². The maximum Gasteiger partial charge on any atom is 0.233 e. The molecule has 0 aliphatic carbocycles. The monoisotopic (exact) mass is 322 g/mol. The van der Waals surface area contributed by atoms with E-state index < -0.39 is 5.79 Å². The number of hydrogen-bond donors (Lipinski definition) is 1. The summed E-state index contributed by atoms with van der Waals surface area (Å²) in [5.74, 6) is 0.231. The van der Waals surface area contributed by atoms with Crippen LogP contribution in [0.4, 0.5) is 0 Å². The van der Waals surface area contributed by atoms with Gasteiger partial charge in [-0.2, -0.15) is 22.4 Å². The molecule has 0 saturated carbocycles. The fourth-order valence-corrected chi connectivity index (χ4v) is 2.84. The van der Waals surface area contributed by atoms with Crippen LogP contribution in [-0.2, 0) is 19.6 Å². The van der Waals surface area contributed by atoms with E-state index in [-0.39, 0.29) is 5.92 Å². The van der Waals surface area contributed by atoms with E-state index in [9.17, 15) is 0 Å². The minimum Gasteiger partial charge on any atom is -0.237 e. The molecule has 0 aliphatic rings. The molecular weight excluding hydrogens is 288 g/mol. The van der Waals surface area contributed by atoms with Gasteiger partial charge in [0.25, 0.3) is 0 Å². The van der Waals surface area contributed by atoms with Crippen LogP contribution in [0.15, 0.2) is 0 Å². The van der Waals surface area contributed by atoms with E-state index in [1.807, 2.05) is 6.92 Å². The average molecular weight is 323 g/mol. The molecule has 0 rings (SSSR count). The lowest BCUT2D eigenvalue weighted by atomic mass is 9.89. The Morgan fingerprint density at radius 3 is 1.90 bits per heavy atom. The molecule has 0 aromatic rings. The number of unbranched alkanes of at least 4 members (excludes halogenated alkanes) is 5. The molecule has 21 heavy (non-hydrogen) atoms. The lowest BCUT2D eigenvalue weighted by Crippen LogP contribution is -2.40. The van der Waals surface area contributed by atoms with Gasteiger partial charge >= 0.3 is 0 Å². The molecule has 1 unspecified atom stereocenters. The van der Waals surface area contributed by atoms with Crippen LogP contribution in [0, 0.1) is 5.92 Å². The summed E-state index contributed by atoms with van der Waals surface area (Å²) in [5, 5.41) is 0. The average Bonchev–Trinajstić information content (AvgIpc) is 2.46. The largest absolute Gasteiger partial charge is 0.237 e. The van der Waals surface area contributed by atoms with Crippen LogP contribution in [0.2, 0.25) is 0 Å². The van der Waals surface area contributed by atoms with Crippen LogP contribution < -0.4 is 0 Å². The lowest BCUT2D eigenvalue weighted by molar-refractivity contribution is -0.508. The molecule has 0 radical (unpaired) electrons. The Hall–Kier alpha value is 0.190. The van der Waals surface area contributed by atoms with Crippen molar-refractivity contribution in [2.75, 3.05) is 20.0 Å². The summed E-state index contributed by atoms with van der Waals surface area (Å²) in [4.78, 5) is 20.4. The summed E-state index contributed by atoms with van der Waals surface area (Å²) in [7, 11) is 3.00. The Bertz CT molecular complexity index is 220. The fraction of sp³-hybridized carbons (Fsp3) is 1.00. The molecule has 0 amide bonds. The highest BCUT2D eigenvalue weighted by Gasteiger charge is 2.38. The van der Waals surface area contributed by atoms with Crippen molar-refractivity contribution in [1.82, 2.24) is 0 Å². The molecular formula is C16H34O4S. The van der Waals surface area contributed by atoms with Gasteiger partial charge in [-0.15, -0.1) is 0 Å². The van der Waals surface area contributed by atoms with Gasteiger partial charge in [0, 0.05) is 5.92 Å². The molecule has 0 aromatic carbocycles. The maximum absolute atomic E-state index is 5.35. The zero-order valence-electron chi connectivity index (χ0n) is 14.2. The van der Waals surface area contributed by atoms with Gasteiger partial charge in [0.1, 0.15) is 0 Å². The van der Waals surface area contributed by atoms with Gasteiger partial charge < -0.3 is 0 Å². The van der Waals surface area contributed by atoms with Gasteiger partial charge in [0.05, 0.1) is 14.2 Å². The van der Waals surface area contributed by atoms with Crippen molar-refractivity contribution in [2.24, 2.45) is 5.92 Å². The predicted octanol–water partition coefficient (Wildman–Crippen LogP) is 4.94. The second-order valence-corrected chi connectivity index (χ2v) is 6.08. The van der Waals surface area contributed by atoms with E-state index in [0.717, 1.165) is 25.0 Å². The maximum atomic E-state index is 5.35. The number of rotatable bonds is 15. The first-order valence-electron chi connectivity index (χ1n) is 8.19. The minimum atomic E-state index is -0.865. The zero-order valence-corrected chi connectivity index (χ0v) is 15.1. The van der Waals surface area contributed by atoms with E-state index in [2.05, 4.69) is 19.6 Å². The fourth-order valence-electron chi connectivity index (χ4n) is 2.66. The second-order valence-electron chi connectivity index (χ2n) is 5.64. The lowest BCUT2D eigenvalue weighted by Gasteiger charge is -2.33. The SMILES string of the molecule is CCCCCCCCC(CCCS)C(C)(OOC)OOC. The molecule has 0 bridgehead atoms. The summed E-state index contributed by atoms with van der Waals surface area (Å²) in [6.45, 7) is 4.11. The summed E-state index contributed by atoms with van der Waals surface area (Å²) < 4.78 is 0. The van der Waals surface area contributed by atoms with E-state index >= 15 is 0 Å². The van der Waals surface area contributed by atoms with Gasteiger partial charge in [-0.3, -0.25) is 0 Å². The van der Waals surface area contributed by atoms with E-state index in [1.165, 1.54) is 52.7 Å². The highest BCUT2D eigenvalue weighted by molar-refractivity contribution is 7.80. The molecule has 0 N–H and O–H groups in total. The summed E-state index contributed by atoms with van der Waals surface area (Å²) >= 11 is 4.30. The highest BCUT2D eigenvalue weighted by Crippen LogP contribution is 2.32. The van der Waals surface area contributed by atoms with Gasteiger partial charge in [-0.1, -0.05) is 45.4 Å². The first kappa shape index (κ1) is 21.2. The highest BCUT2D eigenvalue weighted by atomic mass is 32.1. The summed E-state index contributed by atoms with van der Waals surface area (Å²) in [5.41, 5.74) is 0. The van der Waals surface area contributed by atoms with E-state index in [1.54, 1.807) is 0 Å². The second kappa shape index (κ2) is 13.8. The van der Waals surface area contributed by atoms with Crippen LogP contribution >= 0.6 is 12.6 Å². The third-order valence-corrected chi connectivity index (χ3v) is 4.17. The van der Waals surface area contributed by atoms with Crippen molar-refractivity contribution in [3.63, 3.8) is 0 Å². The van der Waals surface area contributed by atoms with E-state index in [4.69, 9.17) is 19.6 Å². The molecule has 0 aromatic heterocycles. The van der Waals surface area contributed by atoms with Gasteiger partial charge in [0.15, 0.2) is 0 Å². The molecule has 0 heterocycles. The Morgan fingerprint density at radius 1 is 0.857 bits per heavy atom. The molecule has 0 spiro atoms. The van der Waals surface area contributed by atoms with Gasteiger partial charge in [-0.05, 0) is 31.9 Å². The molecule has 0 saturated heterocycles. The molecule has 128 valence electrons. The van der Waals surface area contributed by atoms with Crippen LogP contribution in [0.25, 0.3) is 0 Å². The third kappa shape index (κ3) is 9.74. The Morgan fingerprint density at radius 2 is 1.38 bits per heavy atom. The Balaban J connectivity index is 4.32. The molecule has 4 nitrogen and oxygen atoms in total. The molecule has 1 atom stereocenters. The standard InChI is InChI=1S/C16H34O4S/c1-5-6-7-8-9-10-12-15(13-11-14-21)16(2,19-17-3)20-18-4/h15,21H,5-14H2,1-4H3. The van der Waals surface area contributed by atoms with Crippen LogP contribution in [0.5, 0.6) is 0 Å². The van der Waals surface area contributed by atoms with Crippen molar-refractivity contribution >= 4 is 12.6 Å². The van der Waals surface area contributed by atoms with Crippen LogP contribution in [-0.4, -0.2) is 25.8 Å². The molecule has 5 heteroatoms. The van der Waals surface area contributed by atoms with Gasteiger partial charge in [0.2, 0.25) is 5.79 Å². The summed E-state index contributed by atoms with van der Waals surface area (Å²) in [6.07, 6.45) is 10.7. The van der Waals surface area contributed by atoms with Crippen molar-refractivity contribution in [1.29, 1.82) is 0 Å². The van der Waals surface area contributed by atoms with E-state index in [0.29, 0.717) is 0 Å². The number of hydrogen-bond acceptors (Lipinski definition) is 5. The summed E-state index contributed by atoms with van der Waals surface area (Å²) in [6, 6.07) is 0. The Kier molecular flexibility index (Phi) is 14.0. The first-order valence-corrected chi connectivity index (χ1v) is 8.82. The normalized spacial score (nSPS) is 13.6. The van der Waals surface area contributed by atoms with Crippen molar-refractivity contribution in [3.8, 4) is 0 Å². The predicted molar refractivity (Wildman–Crippen MR) is 89.2 cm³/mol. The minimum absolute atomic E-state index is 0.232. The van der Waals surface area contributed by atoms with Crippen LogP contribution in [0.1, 0.15) is 71.6 Å². The number of thiol groups is 1. The zero-order chi connectivity index (χ0) is 16.0. The van der Waals surface area contributed by atoms with Crippen molar-refractivity contribution in [3.05, 3.63) is 0 Å².